The van der Waals surface area contributed by atoms with Crippen LogP contribution in [0.4, 0.5) is 0 Å². The quantitative estimate of drug-likeness (QED) is 0.538. The average Bonchev–Trinajstić information content (AvgIpc) is 2.33. The fourth-order valence-corrected chi connectivity index (χ4v) is 1.49. The van der Waals surface area contributed by atoms with Gasteiger partial charge in [0.15, 0.2) is 0 Å². The molecule has 1 aromatic rings. The molecule has 0 saturated heterocycles. The van der Waals surface area contributed by atoms with E-state index in [1.54, 1.807) is 6.20 Å². The van der Waals surface area contributed by atoms with Crippen LogP contribution in [0.15, 0.2) is 24.5 Å². The fraction of sp³-hybridized carbons (Fsp3) is 0.571. The molecule has 17 heavy (non-hydrogen) atoms. The molecule has 94 valence electrons. The molecule has 0 aliphatic carbocycles. The van der Waals surface area contributed by atoms with Crippen molar-refractivity contribution in [3.05, 3.63) is 30.1 Å². The van der Waals surface area contributed by atoms with Crippen molar-refractivity contribution in [3.63, 3.8) is 0 Å². The Labute approximate surface area is 103 Å². The first-order valence-corrected chi connectivity index (χ1v) is 6.23. The molecule has 0 bridgehead atoms. The first kappa shape index (κ1) is 13.7. The minimum absolute atomic E-state index is 0.0788. The summed E-state index contributed by atoms with van der Waals surface area (Å²) in [5.41, 5.74) is 1.19. The average molecular weight is 235 g/mol. The molecular weight excluding hydrogens is 214 g/mol. The number of hydrogen-bond acceptors (Lipinski definition) is 3. The Balaban J connectivity index is 2.06. The van der Waals surface area contributed by atoms with Crippen LogP contribution in [0.1, 0.15) is 38.7 Å². The lowest BCUT2D eigenvalue weighted by Gasteiger charge is -2.06. The van der Waals surface area contributed by atoms with Crippen LogP contribution in [0.5, 0.6) is 0 Å². The predicted octanol–water partition coefficient (Wildman–Crippen LogP) is 2.99. The third-order valence-corrected chi connectivity index (χ3v) is 2.52. The van der Waals surface area contributed by atoms with Gasteiger partial charge in [-0.25, -0.2) is 0 Å². The van der Waals surface area contributed by atoms with Gasteiger partial charge >= 0.3 is 5.97 Å². The van der Waals surface area contributed by atoms with Gasteiger partial charge in [-0.05, 0) is 36.8 Å². The van der Waals surface area contributed by atoms with Gasteiger partial charge < -0.3 is 4.74 Å². The molecule has 1 aromatic heterocycles. The number of ether oxygens (including phenoxy) is 1. The Hall–Kier alpha value is -1.38. The highest BCUT2D eigenvalue weighted by atomic mass is 16.5. The lowest BCUT2D eigenvalue weighted by molar-refractivity contribution is -0.144. The third kappa shape index (κ3) is 6.72. The maximum Gasteiger partial charge on any atom is 0.305 e. The highest BCUT2D eigenvalue weighted by Gasteiger charge is 2.04. The van der Waals surface area contributed by atoms with Gasteiger partial charge in [0.2, 0.25) is 0 Å². The lowest BCUT2D eigenvalue weighted by atomic mass is 10.1. The number of aromatic nitrogens is 1. The van der Waals surface area contributed by atoms with Crippen molar-refractivity contribution in [1.82, 2.24) is 4.98 Å². The van der Waals surface area contributed by atoms with Gasteiger partial charge in [-0.2, -0.15) is 0 Å². The number of carbonyl (C=O) groups is 1. The van der Waals surface area contributed by atoms with E-state index in [-0.39, 0.29) is 5.97 Å². The second-order valence-electron chi connectivity index (χ2n) is 4.62. The summed E-state index contributed by atoms with van der Waals surface area (Å²) >= 11 is 0. The van der Waals surface area contributed by atoms with Crippen LogP contribution in [0, 0.1) is 5.92 Å². The number of hydrogen-bond donors (Lipinski definition) is 0. The number of carbonyl (C=O) groups excluding carboxylic acids is 1. The summed E-state index contributed by atoms with van der Waals surface area (Å²) in [6, 6.07) is 3.96. The molecule has 1 heterocycles. The van der Waals surface area contributed by atoms with E-state index in [0.29, 0.717) is 18.9 Å². The second kappa shape index (κ2) is 7.82. The lowest BCUT2D eigenvalue weighted by Crippen LogP contribution is -2.07. The van der Waals surface area contributed by atoms with Gasteiger partial charge in [0, 0.05) is 18.8 Å². The first-order valence-electron chi connectivity index (χ1n) is 6.23. The zero-order chi connectivity index (χ0) is 12.5. The molecule has 0 fully saturated rings. The maximum atomic E-state index is 11.3. The monoisotopic (exact) mass is 235 g/mol. The van der Waals surface area contributed by atoms with Crippen LogP contribution >= 0.6 is 0 Å². The minimum Gasteiger partial charge on any atom is -0.466 e. The minimum atomic E-state index is -0.0788. The van der Waals surface area contributed by atoms with Gasteiger partial charge in [0.05, 0.1) is 6.61 Å². The molecule has 0 aliphatic heterocycles. The second-order valence-corrected chi connectivity index (χ2v) is 4.62. The van der Waals surface area contributed by atoms with Crippen LogP contribution in [0.25, 0.3) is 0 Å². The van der Waals surface area contributed by atoms with E-state index in [1.807, 2.05) is 18.3 Å². The van der Waals surface area contributed by atoms with Gasteiger partial charge in [-0.15, -0.1) is 0 Å². The summed E-state index contributed by atoms with van der Waals surface area (Å²) in [5.74, 6) is 0.475. The number of pyridine rings is 1. The molecule has 0 aliphatic rings. The normalized spacial score (nSPS) is 10.5. The Morgan fingerprint density at radius 1 is 1.47 bits per heavy atom. The largest absolute Gasteiger partial charge is 0.466 e. The SMILES string of the molecule is CC(C)CCC(=O)OCCCc1cccnc1. The molecule has 0 spiro atoms. The number of aryl methyl sites for hydroxylation is 1. The van der Waals surface area contributed by atoms with Crippen molar-refractivity contribution in [2.45, 2.75) is 39.5 Å². The van der Waals surface area contributed by atoms with Gasteiger partial charge in [-0.1, -0.05) is 19.9 Å². The standard InChI is InChI=1S/C14H21NO2/c1-12(2)7-8-14(16)17-10-4-6-13-5-3-9-15-11-13/h3,5,9,11-12H,4,6-8,10H2,1-2H3. The van der Waals surface area contributed by atoms with Gasteiger partial charge in [-0.3, -0.25) is 9.78 Å². The van der Waals surface area contributed by atoms with Crippen molar-refractivity contribution in [2.24, 2.45) is 5.92 Å². The van der Waals surface area contributed by atoms with Crippen LogP contribution < -0.4 is 0 Å². The Morgan fingerprint density at radius 3 is 2.94 bits per heavy atom. The molecule has 3 heteroatoms. The van der Waals surface area contributed by atoms with Crippen molar-refractivity contribution < 1.29 is 9.53 Å². The van der Waals surface area contributed by atoms with E-state index in [1.165, 1.54) is 5.56 Å². The summed E-state index contributed by atoms with van der Waals surface area (Å²) in [7, 11) is 0. The van der Waals surface area contributed by atoms with E-state index >= 15 is 0 Å². The summed E-state index contributed by atoms with van der Waals surface area (Å²) in [4.78, 5) is 15.4. The molecule has 0 unspecified atom stereocenters. The Bertz CT molecular complexity index is 322. The van der Waals surface area contributed by atoms with E-state index in [2.05, 4.69) is 18.8 Å². The number of esters is 1. The first-order chi connectivity index (χ1) is 8.18. The molecule has 0 N–H and O–H groups in total. The predicted molar refractivity (Wildman–Crippen MR) is 67.6 cm³/mol. The summed E-state index contributed by atoms with van der Waals surface area (Å²) in [6.45, 7) is 4.72. The Morgan fingerprint density at radius 2 is 2.29 bits per heavy atom. The van der Waals surface area contributed by atoms with E-state index < -0.39 is 0 Å². The molecule has 0 amide bonds. The molecule has 3 nitrogen and oxygen atoms in total. The van der Waals surface area contributed by atoms with Crippen LogP contribution in [0.3, 0.4) is 0 Å². The third-order valence-electron chi connectivity index (χ3n) is 2.52. The highest BCUT2D eigenvalue weighted by molar-refractivity contribution is 5.69. The zero-order valence-electron chi connectivity index (χ0n) is 10.7. The van der Waals surface area contributed by atoms with Gasteiger partial charge in [0.1, 0.15) is 0 Å². The van der Waals surface area contributed by atoms with Crippen molar-refractivity contribution in [2.75, 3.05) is 6.61 Å². The smallest absolute Gasteiger partial charge is 0.305 e. The summed E-state index contributed by atoms with van der Waals surface area (Å²) < 4.78 is 5.15. The van der Waals surface area contributed by atoms with Crippen LogP contribution in [-0.4, -0.2) is 17.6 Å². The van der Waals surface area contributed by atoms with E-state index in [4.69, 9.17) is 4.74 Å². The topological polar surface area (TPSA) is 39.2 Å². The summed E-state index contributed by atoms with van der Waals surface area (Å²) in [5, 5.41) is 0. The van der Waals surface area contributed by atoms with Crippen LogP contribution in [0.2, 0.25) is 0 Å². The van der Waals surface area contributed by atoms with E-state index in [0.717, 1.165) is 19.3 Å². The Kier molecular flexibility index (Phi) is 6.30. The summed E-state index contributed by atoms with van der Waals surface area (Å²) in [6.07, 6.45) is 6.81. The van der Waals surface area contributed by atoms with Crippen molar-refractivity contribution >= 4 is 5.97 Å². The molecular formula is C14H21NO2. The van der Waals surface area contributed by atoms with Crippen molar-refractivity contribution in [3.8, 4) is 0 Å². The van der Waals surface area contributed by atoms with Crippen LogP contribution in [-0.2, 0) is 16.0 Å². The molecule has 0 saturated carbocycles. The zero-order valence-corrected chi connectivity index (χ0v) is 10.7. The fourth-order valence-electron chi connectivity index (χ4n) is 1.49. The number of rotatable bonds is 7. The van der Waals surface area contributed by atoms with E-state index in [9.17, 15) is 4.79 Å². The molecule has 1 rings (SSSR count). The molecule has 0 aromatic carbocycles. The maximum absolute atomic E-state index is 11.3. The highest BCUT2D eigenvalue weighted by Crippen LogP contribution is 2.05. The van der Waals surface area contributed by atoms with Crippen molar-refractivity contribution in [1.29, 1.82) is 0 Å². The van der Waals surface area contributed by atoms with Gasteiger partial charge in [0.25, 0.3) is 0 Å². The molecule has 0 atom stereocenters. The number of nitrogens with zero attached hydrogens (tertiary/aromatic N) is 1. The molecule has 0 radical (unpaired) electrons.